The van der Waals surface area contributed by atoms with Crippen molar-refractivity contribution in [2.75, 3.05) is 20.2 Å². The van der Waals surface area contributed by atoms with E-state index < -0.39 is 10.0 Å². The zero-order chi connectivity index (χ0) is 15.5. The Hall–Kier alpha value is -0.950. The summed E-state index contributed by atoms with van der Waals surface area (Å²) in [5.41, 5.74) is 1.07. The fraction of sp³-hybridized carbons (Fsp3) is 0.600. The van der Waals surface area contributed by atoms with E-state index in [-0.39, 0.29) is 12.1 Å². The lowest BCUT2D eigenvalue weighted by Crippen LogP contribution is -2.51. The van der Waals surface area contributed by atoms with Gasteiger partial charge in [0.05, 0.1) is 17.6 Å². The summed E-state index contributed by atoms with van der Waals surface area (Å²) in [6.45, 7) is 5.51. The van der Waals surface area contributed by atoms with Crippen molar-refractivity contribution in [1.82, 2.24) is 9.62 Å². The fourth-order valence-corrected chi connectivity index (χ4v) is 4.31. The number of rotatable bonds is 5. The van der Waals surface area contributed by atoms with Crippen molar-refractivity contribution in [3.63, 3.8) is 0 Å². The summed E-state index contributed by atoms with van der Waals surface area (Å²) in [6, 6.07) is 7.01. The minimum absolute atomic E-state index is 0.0638. The second-order valence-corrected chi connectivity index (χ2v) is 7.35. The van der Waals surface area contributed by atoms with Gasteiger partial charge in [-0.05, 0) is 38.1 Å². The van der Waals surface area contributed by atoms with Gasteiger partial charge in [0, 0.05) is 19.1 Å². The van der Waals surface area contributed by atoms with Gasteiger partial charge in [-0.25, -0.2) is 8.42 Å². The van der Waals surface area contributed by atoms with Crippen LogP contribution in [0.15, 0.2) is 29.2 Å². The summed E-state index contributed by atoms with van der Waals surface area (Å²) >= 11 is 0. The SMILES string of the molecule is CCC1COC(C)CN1S(=O)(=O)c1ccc(CNC)cc1. The van der Waals surface area contributed by atoms with Crippen molar-refractivity contribution >= 4 is 10.0 Å². The van der Waals surface area contributed by atoms with Gasteiger partial charge in [0.25, 0.3) is 0 Å². The Morgan fingerprint density at radius 2 is 2.00 bits per heavy atom. The van der Waals surface area contributed by atoms with Crippen molar-refractivity contribution in [3.8, 4) is 0 Å². The zero-order valence-electron chi connectivity index (χ0n) is 12.9. The summed E-state index contributed by atoms with van der Waals surface area (Å²) < 4.78 is 32.8. The Kier molecular flexibility index (Phi) is 5.37. The minimum atomic E-state index is -3.46. The summed E-state index contributed by atoms with van der Waals surface area (Å²) in [5.74, 6) is 0. The molecule has 2 rings (SSSR count). The lowest BCUT2D eigenvalue weighted by Gasteiger charge is -2.37. The molecular formula is C15H24N2O3S. The van der Waals surface area contributed by atoms with Crippen LogP contribution in [0.1, 0.15) is 25.8 Å². The maximum absolute atomic E-state index is 12.8. The van der Waals surface area contributed by atoms with Crippen molar-refractivity contribution in [1.29, 1.82) is 0 Å². The third-order valence-electron chi connectivity index (χ3n) is 3.80. The van der Waals surface area contributed by atoms with E-state index in [0.717, 1.165) is 18.5 Å². The molecule has 1 saturated heterocycles. The number of morpholine rings is 1. The predicted molar refractivity (Wildman–Crippen MR) is 82.6 cm³/mol. The number of benzene rings is 1. The summed E-state index contributed by atoms with van der Waals surface area (Å²) in [7, 11) is -1.59. The van der Waals surface area contributed by atoms with Crippen molar-refractivity contribution in [3.05, 3.63) is 29.8 Å². The molecule has 1 aliphatic heterocycles. The van der Waals surface area contributed by atoms with E-state index in [1.807, 2.05) is 33.0 Å². The Morgan fingerprint density at radius 1 is 1.33 bits per heavy atom. The molecule has 1 aromatic carbocycles. The number of nitrogens with one attached hydrogen (secondary N) is 1. The molecule has 1 fully saturated rings. The van der Waals surface area contributed by atoms with Crippen LogP contribution in [0.2, 0.25) is 0 Å². The zero-order valence-corrected chi connectivity index (χ0v) is 13.7. The average Bonchev–Trinajstić information content (AvgIpc) is 2.48. The molecular weight excluding hydrogens is 288 g/mol. The minimum Gasteiger partial charge on any atom is -0.375 e. The van der Waals surface area contributed by atoms with E-state index in [2.05, 4.69) is 5.32 Å². The molecule has 0 aromatic heterocycles. The van der Waals surface area contributed by atoms with Crippen LogP contribution in [-0.4, -0.2) is 45.1 Å². The first-order valence-electron chi connectivity index (χ1n) is 7.36. The summed E-state index contributed by atoms with van der Waals surface area (Å²) in [5, 5.41) is 3.05. The summed E-state index contributed by atoms with van der Waals surface area (Å²) in [4.78, 5) is 0.356. The topological polar surface area (TPSA) is 58.6 Å². The highest BCUT2D eigenvalue weighted by molar-refractivity contribution is 7.89. The average molecular weight is 312 g/mol. The lowest BCUT2D eigenvalue weighted by molar-refractivity contribution is -0.0230. The highest BCUT2D eigenvalue weighted by Crippen LogP contribution is 2.24. The molecule has 0 amide bonds. The Morgan fingerprint density at radius 3 is 2.57 bits per heavy atom. The van der Waals surface area contributed by atoms with Crippen molar-refractivity contribution in [2.45, 2.75) is 43.9 Å². The van der Waals surface area contributed by atoms with Gasteiger partial charge in [0.2, 0.25) is 10.0 Å². The van der Waals surface area contributed by atoms with Gasteiger partial charge in [-0.2, -0.15) is 4.31 Å². The van der Waals surface area contributed by atoms with Crippen LogP contribution >= 0.6 is 0 Å². The third kappa shape index (κ3) is 3.63. The highest BCUT2D eigenvalue weighted by Gasteiger charge is 2.35. The van der Waals surface area contributed by atoms with Crippen molar-refractivity contribution < 1.29 is 13.2 Å². The third-order valence-corrected chi connectivity index (χ3v) is 5.73. The largest absolute Gasteiger partial charge is 0.375 e. The van der Waals surface area contributed by atoms with Gasteiger partial charge in [-0.15, -0.1) is 0 Å². The molecule has 21 heavy (non-hydrogen) atoms. The molecule has 1 heterocycles. The smallest absolute Gasteiger partial charge is 0.243 e. The van der Waals surface area contributed by atoms with Crippen LogP contribution < -0.4 is 5.32 Å². The lowest BCUT2D eigenvalue weighted by atomic mass is 10.2. The number of nitrogens with zero attached hydrogens (tertiary/aromatic N) is 1. The maximum Gasteiger partial charge on any atom is 0.243 e. The van der Waals surface area contributed by atoms with E-state index in [4.69, 9.17) is 4.74 Å². The monoisotopic (exact) mass is 312 g/mol. The van der Waals surface area contributed by atoms with Crippen LogP contribution in [0, 0.1) is 0 Å². The van der Waals surface area contributed by atoms with Crippen LogP contribution in [0.3, 0.4) is 0 Å². The molecule has 1 aliphatic rings. The van der Waals surface area contributed by atoms with Gasteiger partial charge in [-0.1, -0.05) is 19.1 Å². The van der Waals surface area contributed by atoms with Gasteiger partial charge >= 0.3 is 0 Å². The number of hydrogen-bond acceptors (Lipinski definition) is 4. The number of ether oxygens (including phenoxy) is 1. The van der Waals surface area contributed by atoms with E-state index >= 15 is 0 Å². The van der Waals surface area contributed by atoms with Crippen LogP contribution in [0.4, 0.5) is 0 Å². The van der Waals surface area contributed by atoms with Gasteiger partial charge in [-0.3, -0.25) is 0 Å². The fourth-order valence-electron chi connectivity index (χ4n) is 2.55. The second kappa shape index (κ2) is 6.87. The Labute approximate surface area is 127 Å². The van der Waals surface area contributed by atoms with E-state index in [0.29, 0.717) is 18.0 Å². The molecule has 6 heteroatoms. The number of hydrogen-bond donors (Lipinski definition) is 1. The maximum atomic E-state index is 12.8. The normalized spacial score (nSPS) is 24.1. The molecule has 2 atom stereocenters. The molecule has 5 nitrogen and oxygen atoms in total. The molecule has 2 unspecified atom stereocenters. The summed E-state index contributed by atoms with van der Waals surface area (Å²) in [6.07, 6.45) is 0.690. The Bertz CT molecular complexity index is 557. The van der Waals surface area contributed by atoms with E-state index in [1.54, 1.807) is 16.4 Å². The van der Waals surface area contributed by atoms with Crippen LogP contribution in [0.25, 0.3) is 0 Å². The molecule has 1 aromatic rings. The first kappa shape index (κ1) is 16.4. The van der Waals surface area contributed by atoms with E-state index in [9.17, 15) is 8.42 Å². The molecule has 0 aliphatic carbocycles. The van der Waals surface area contributed by atoms with E-state index in [1.165, 1.54) is 0 Å². The first-order valence-corrected chi connectivity index (χ1v) is 8.80. The Balaban J connectivity index is 2.26. The van der Waals surface area contributed by atoms with Crippen LogP contribution in [-0.2, 0) is 21.3 Å². The second-order valence-electron chi connectivity index (χ2n) is 5.46. The molecule has 0 spiro atoms. The molecule has 1 N–H and O–H groups in total. The van der Waals surface area contributed by atoms with Crippen LogP contribution in [0.5, 0.6) is 0 Å². The molecule has 118 valence electrons. The van der Waals surface area contributed by atoms with Gasteiger partial charge < -0.3 is 10.1 Å². The molecule has 0 radical (unpaired) electrons. The first-order chi connectivity index (χ1) is 9.98. The van der Waals surface area contributed by atoms with Gasteiger partial charge in [0.15, 0.2) is 0 Å². The highest BCUT2D eigenvalue weighted by atomic mass is 32.2. The quantitative estimate of drug-likeness (QED) is 0.897. The standard InChI is InChI=1S/C15H24N2O3S/c1-4-14-11-20-12(2)10-17(14)21(18,19)15-7-5-13(6-8-15)9-16-3/h5-8,12,14,16H,4,9-11H2,1-3H3. The van der Waals surface area contributed by atoms with Crippen molar-refractivity contribution in [2.24, 2.45) is 0 Å². The molecule has 0 saturated carbocycles. The van der Waals surface area contributed by atoms with Gasteiger partial charge in [0.1, 0.15) is 0 Å². The predicted octanol–water partition coefficient (Wildman–Crippen LogP) is 1.59. The number of sulfonamides is 1. The molecule has 0 bridgehead atoms.